The third kappa shape index (κ3) is 5.20. The number of nitrogens with zero attached hydrogens (tertiary/aromatic N) is 5. The van der Waals surface area contributed by atoms with E-state index in [4.69, 9.17) is 4.74 Å². The summed E-state index contributed by atoms with van der Waals surface area (Å²) in [5.74, 6) is 0.234. The summed E-state index contributed by atoms with van der Waals surface area (Å²) in [6, 6.07) is 0.139. The zero-order valence-electron chi connectivity index (χ0n) is 15.1. The molecule has 0 saturated carbocycles. The summed E-state index contributed by atoms with van der Waals surface area (Å²) >= 11 is 0. The van der Waals surface area contributed by atoms with Crippen LogP contribution in [0, 0.1) is 0 Å². The predicted molar refractivity (Wildman–Crippen MR) is 95.2 cm³/mol. The lowest BCUT2D eigenvalue weighted by atomic mass is 10.1. The van der Waals surface area contributed by atoms with Crippen LogP contribution in [-0.2, 0) is 16.0 Å². The number of likely N-dealkylation sites (N-methyl/N-ethyl adjacent to an activating group) is 1. The summed E-state index contributed by atoms with van der Waals surface area (Å²) in [4.78, 5) is 28.0. The Bertz CT molecular complexity index is 534. The molecule has 3 rings (SSSR count). The standard InChI is InChI=1S/C18H29N5O2/c1-2-21-7-9-22(10-8-21)14-18(24)23-11-12-25-15-17(23)4-3-16-13-19-5-6-20-16/h5-6,13,17H,2-4,7-12,14-15H2,1H3/t17-/m0/s1. The number of carbonyl (C=O) groups is 1. The Balaban J connectivity index is 1.50. The van der Waals surface area contributed by atoms with Crippen LogP contribution in [0.4, 0.5) is 0 Å². The van der Waals surface area contributed by atoms with Crippen molar-refractivity contribution in [2.24, 2.45) is 0 Å². The van der Waals surface area contributed by atoms with Crippen molar-refractivity contribution in [1.82, 2.24) is 24.7 Å². The van der Waals surface area contributed by atoms with Gasteiger partial charge in [0.25, 0.3) is 0 Å². The van der Waals surface area contributed by atoms with Crippen LogP contribution in [0.1, 0.15) is 19.0 Å². The number of morpholine rings is 1. The molecule has 0 radical (unpaired) electrons. The van der Waals surface area contributed by atoms with Gasteiger partial charge < -0.3 is 14.5 Å². The summed E-state index contributed by atoms with van der Waals surface area (Å²) in [6.45, 7) is 9.84. The lowest BCUT2D eigenvalue weighted by Gasteiger charge is -2.38. The Labute approximate surface area is 150 Å². The van der Waals surface area contributed by atoms with E-state index < -0.39 is 0 Å². The third-order valence-corrected chi connectivity index (χ3v) is 5.17. The molecule has 2 aliphatic heterocycles. The Hall–Kier alpha value is -1.57. The van der Waals surface area contributed by atoms with Crippen LogP contribution in [0.25, 0.3) is 0 Å². The zero-order chi connectivity index (χ0) is 17.5. The molecule has 0 N–H and O–H groups in total. The van der Waals surface area contributed by atoms with Crippen LogP contribution < -0.4 is 0 Å². The van der Waals surface area contributed by atoms with Gasteiger partial charge in [-0.05, 0) is 19.4 Å². The lowest BCUT2D eigenvalue weighted by Crippen LogP contribution is -2.54. The first-order valence-corrected chi connectivity index (χ1v) is 9.33. The van der Waals surface area contributed by atoms with Gasteiger partial charge in [-0.25, -0.2) is 0 Å². The quantitative estimate of drug-likeness (QED) is 0.736. The van der Waals surface area contributed by atoms with Crippen LogP contribution in [0.2, 0.25) is 0 Å². The van der Waals surface area contributed by atoms with E-state index >= 15 is 0 Å². The zero-order valence-corrected chi connectivity index (χ0v) is 15.1. The molecule has 0 unspecified atom stereocenters. The fraction of sp³-hybridized carbons (Fsp3) is 0.722. The van der Waals surface area contributed by atoms with E-state index in [1.165, 1.54) is 0 Å². The van der Waals surface area contributed by atoms with E-state index in [1.807, 2.05) is 4.90 Å². The number of aromatic nitrogens is 2. The van der Waals surface area contributed by atoms with Crippen molar-refractivity contribution in [3.63, 3.8) is 0 Å². The van der Waals surface area contributed by atoms with Crippen molar-refractivity contribution >= 4 is 5.91 Å². The number of carbonyl (C=O) groups excluding carboxylic acids is 1. The molecule has 1 aromatic rings. The van der Waals surface area contributed by atoms with Gasteiger partial charge in [-0.1, -0.05) is 6.92 Å². The van der Waals surface area contributed by atoms with Gasteiger partial charge in [-0.3, -0.25) is 19.7 Å². The number of ether oxygens (including phenoxy) is 1. The summed E-state index contributed by atoms with van der Waals surface area (Å²) < 4.78 is 5.62. The Kier molecular flexibility index (Phi) is 6.72. The number of hydrogen-bond donors (Lipinski definition) is 0. The van der Waals surface area contributed by atoms with Crippen molar-refractivity contribution in [2.75, 3.05) is 59.0 Å². The fourth-order valence-corrected chi connectivity index (χ4v) is 3.54. The Morgan fingerprint density at radius 2 is 2.00 bits per heavy atom. The average molecular weight is 347 g/mol. The monoisotopic (exact) mass is 347 g/mol. The van der Waals surface area contributed by atoms with Gasteiger partial charge in [0.2, 0.25) is 5.91 Å². The Morgan fingerprint density at radius 1 is 1.20 bits per heavy atom. The summed E-state index contributed by atoms with van der Waals surface area (Å²) in [7, 11) is 0. The maximum Gasteiger partial charge on any atom is 0.237 e. The number of piperazine rings is 1. The van der Waals surface area contributed by atoms with Gasteiger partial charge >= 0.3 is 0 Å². The highest BCUT2D eigenvalue weighted by Gasteiger charge is 2.29. The number of rotatable bonds is 6. The van der Waals surface area contributed by atoms with Gasteiger partial charge in [0.1, 0.15) is 0 Å². The second-order valence-corrected chi connectivity index (χ2v) is 6.76. The molecule has 1 amide bonds. The lowest BCUT2D eigenvalue weighted by molar-refractivity contribution is -0.141. The number of aryl methyl sites for hydroxylation is 1. The molecule has 3 heterocycles. The molecule has 0 spiro atoms. The van der Waals surface area contributed by atoms with E-state index in [9.17, 15) is 4.79 Å². The highest BCUT2D eigenvalue weighted by atomic mass is 16.5. The molecule has 2 saturated heterocycles. The fourth-order valence-electron chi connectivity index (χ4n) is 3.54. The molecule has 0 bridgehead atoms. The van der Waals surface area contributed by atoms with Gasteiger partial charge in [-0.15, -0.1) is 0 Å². The molecular weight excluding hydrogens is 318 g/mol. The first-order valence-electron chi connectivity index (χ1n) is 9.33. The highest BCUT2D eigenvalue weighted by molar-refractivity contribution is 5.78. The maximum atomic E-state index is 12.8. The van der Waals surface area contributed by atoms with Gasteiger partial charge in [-0.2, -0.15) is 0 Å². The first kappa shape index (κ1) is 18.2. The van der Waals surface area contributed by atoms with Crippen LogP contribution >= 0.6 is 0 Å². The second-order valence-electron chi connectivity index (χ2n) is 6.76. The van der Waals surface area contributed by atoms with E-state index in [-0.39, 0.29) is 11.9 Å². The smallest absolute Gasteiger partial charge is 0.237 e. The normalized spacial score (nSPS) is 22.9. The molecule has 7 nitrogen and oxygen atoms in total. The molecule has 2 aliphatic rings. The van der Waals surface area contributed by atoms with E-state index in [0.29, 0.717) is 26.3 Å². The summed E-state index contributed by atoms with van der Waals surface area (Å²) in [5, 5.41) is 0. The van der Waals surface area contributed by atoms with E-state index in [1.54, 1.807) is 18.6 Å². The molecule has 1 aromatic heterocycles. The Morgan fingerprint density at radius 3 is 2.72 bits per heavy atom. The topological polar surface area (TPSA) is 61.8 Å². The van der Waals surface area contributed by atoms with Gasteiger partial charge in [0, 0.05) is 51.3 Å². The van der Waals surface area contributed by atoms with Gasteiger partial charge in [0.05, 0.1) is 31.5 Å². The van der Waals surface area contributed by atoms with Crippen molar-refractivity contribution < 1.29 is 9.53 Å². The minimum absolute atomic E-state index is 0.139. The van der Waals surface area contributed by atoms with Crippen molar-refractivity contribution in [3.8, 4) is 0 Å². The SMILES string of the molecule is CCN1CCN(CC(=O)N2CCOC[C@@H]2CCc2cnccn2)CC1. The van der Waals surface area contributed by atoms with Crippen LogP contribution in [0.3, 0.4) is 0 Å². The number of hydrogen-bond acceptors (Lipinski definition) is 6. The maximum absolute atomic E-state index is 12.8. The third-order valence-electron chi connectivity index (χ3n) is 5.17. The molecule has 0 aliphatic carbocycles. The molecular formula is C18H29N5O2. The second kappa shape index (κ2) is 9.22. The van der Waals surface area contributed by atoms with Gasteiger partial charge in [0.15, 0.2) is 0 Å². The van der Waals surface area contributed by atoms with E-state index in [0.717, 1.165) is 51.3 Å². The van der Waals surface area contributed by atoms with Crippen LogP contribution in [0.15, 0.2) is 18.6 Å². The largest absolute Gasteiger partial charge is 0.377 e. The minimum atomic E-state index is 0.139. The molecule has 25 heavy (non-hydrogen) atoms. The predicted octanol–water partition coefficient (Wildman–Crippen LogP) is 0.274. The highest BCUT2D eigenvalue weighted by Crippen LogP contribution is 2.14. The molecule has 1 atom stereocenters. The van der Waals surface area contributed by atoms with Crippen molar-refractivity contribution in [3.05, 3.63) is 24.3 Å². The average Bonchev–Trinajstić information content (AvgIpc) is 2.68. The van der Waals surface area contributed by atoms with Crippen LogP contribution in [0.5, 0.6) is 0 Å². The minimum Gasteiger partial charge on any atom is -0.377 e. The number of amides is 1. The summed E-state index contributed by atoms with van der Waals surface area (Å²) in [5.41, 5.74) is 0.969. The molecule has 0 aromatic carbocycles. The first-order chi connectivity index (χ1) is 12.3. The van der Waals surface area contributed by atoms with E-state index in [2.05, 4.69) is 26.7 Å². The van der Waals surface area contributed by atoms with Crippen LogP contribution in [-0.4, -0.2) is 95.6 Å². The summed E-state index contributed by atoms with van der Waals surface area (Å²) in [6.07, 6.45) is 6.88. The molecule has 2 fully saturated rings. The van der Waals surface area contributed by atoms with Crippen molar-refractivity contribution in [1.29, 1.82) is 0 Å². The van der Waals surface area contributed by atoms with Crippen molar-refractivity contribution in [2.45, 2.75) is 25.8 Å². The molecule has 138 valence electrons. The molecule has 7 heteroatoms.